The fourth-order valence-electron chi connectivity index (χ4n) is 3.21. The molecule has 1 aliphatic rings. The summed E-state index contributed by atoms with van der Waals surface area (Å²) in [7, 11) is 1.29. The molecule has 1 unspecified atom stereocenters. The molecular formula is C21H21FN2O4. The summed E-state index contributed by atoms with van der Waals surface area (Å²) in [6.07, 6.45) is 0.508. The van der Waals surface area contributed by atoms with E-state index in [9.17, 15) is 18.8 Å². The lowest BCUT2D eigenvalue weighted by molar-refractivity contribution is -0.128. The molecule has 0 saturated carbocycles. The quantitative estimate of drug-likeness (QED) is 0.777. The minimum Gasteiger partial charge on any atom is -0.465 e. The highest BCUT2D eigenvalue weighted by molar-refractivity contribution is 5.98. The van der Waals surface area contributed by atoms with Gasteiger partial charge in [0.05, 0.1) is 18.6 Å². The molecule has 0 radical (unpaired) electrons. The lowest BCUT2D eigenvalue weighted by Crippen LogP contribution is -2.30. The maximum atomic E-state index is 13.7. The van der Waals surface area contributed by atoms with Crippen LogP contribution in [0.2, 0.25) is 0 Å². The normalized spacial score (nSPS) is 16.1. The molecule has 2 aromatic rings. The Kier molecular flexibility index (Phi) is 6.03. The molecule has 1 fully saturated rings. The number of methoxy groups -OCH3 is 1. The second-order valence-corrected chi connectivity index (χ2v) is 6.64. The molecule has 1 aliphatic heterocycles. The third-order valence-electron chi connectivity index (χ3n) is 4.75. The zero-order valence-electron chi connectivity index (χ0n) is 15.5. The number of carbonyl (C=O) groups excluding carboxylic acids is 3. The lowest BCUT2D eigenvalue weighted by atomic mass is 10.1. The minimum atomic E-state index is -0.494. The van der Waals surface area contributed by atoms with E-state index in [1.54, 1.807) is 41.3 Å². The van der Waals surface area contributed by atoms with E-state index in [-0.39, 0.29) is 30.6 Å². The summed E-state index contributed by atoms with van der Waals surface area (Å²) in [6.45, 7) is 0.650. The molecule has 3 rings (SSSR count). The number of ether oxygens (including phenoxy) is 1. The van der Waals surface area contributed by atoms with Gasteiger partial charge in [0, 0.05) is 25.2 Å². The van der Waals surface area contributed by atoms with Crippen molar-refractivity contribution in [1.82, 2.24) is 4.90 Å². The summed E-state index contributed by atoms with van der Waals surface area (Å²) in [5, 5.41) is 2.74. The largest absolute Gasteiger partial charge is 0.465 e. The van der Waals surface area contributed by atoms with Gasteiger partial charge in [-0.15, -0.1) is 0 Å². The van der Waals surface area contributed by atoms with Gasteiger partial charge >= 0.3 is 5.97 Å². The van der Waals surface area contributed by atoms with Gasteiger partial charge in [0.2, 0.25) is 11.8 Å². The van der Waals surface area contributed by atoms with Gasteiger partial charge in [-0.05, 0) is 36.2 Å². The van der Waals surface area contributed by atoms with Gasteiger partial charge in [0.1, 0.15) is 5.82 Å². The monoisotopic (exact) mass is 384 g/mol. The molecule has 0 spiro atoms. The molecule has 0 aliphatic carbocycles. The average molecular weight is 384 g/mol. The van der Waals surface area contributed by atoms with Crippen LogP contribution in [0.5, 0.6) is 0 Å². The topological polar surface area (TPSA) is 75.7 Å². The number of anilines is 1. The smallest absolute Gasteiger partial charge is 0.337 e. The van der Waals surface area contributed by atoms with Crippen molar-refractivity contribution < 1.29 is 23.5 Å². The summed E-state index contributed by atoms with van der Waals surface area (Å²) in [5.41, 5.74) is 1.34. The van der Waals surface area contributed by atoms with Crippen LogP contribution in [0, 0.1) is 11.7 Å². The van der Waals surface area contributed by atoms with Crippen molar-refractivity contribution in [2.45, 2.75) is 12.8 Å². The highest BCUT2D eigenvalue weighted by Gasteiger charge is 2.34. The Hall–Kier alpha value is -3.22. The molecule has 146 valence electrons. The van der Waals surface area contributed by atoms with Crippen molar-refractivity contribution in [3.8, 4) is 0 Å². The van der Waals surface area contributed by atoms with E-state index >= 15 is 0 Å². The van der Waals surface area contributed by atoms with Gasteiger partial charge in [-0.25, -0.2) is 9.18 Å². The van der Waals surface area contributed by atoms with Crippen molar-refractivity contribution in [2.75, 3.05) is 25.5 Å². The number of likely N-dealkylation sites (tertiary alicyclic amines) is 1. The molecule has 1 N–H and O–H groups in total. The van der Waals surface area contributed by atoms with Crippen LogP contribution in [0.15, 0.2) is 48.5 Å². The van der Waals surface area contributed by atoms with Crippen LogP contribution in [0.1, 0.15) is 22.3 Å². The molecule has 2 aromatic carbocycles. The molecule has 0 bridgehead atoms. The fraction of sp³-hybridized carbons (Fsp3) is 0.286. The van der Waals surface area contributed by atoms with Gasteiger partial charge in [0.15, 0.2) is 0 Å². The molecule has 1 heterocycles. The van der Waals surface area contributed by atoms with Crippen LogP contribution < -0.4 is 5.32 Å². The number of halogens is 1. The molecule has 7 heteroatoms. The third kappa shape index (κ3) is 4.54. The van der Waals surface area contributed by atoms with Crippen LogP contribution in [0.25, 0.3) is 0 Å². The summed E-state index contributed by atoms with van der Waals surface area (Å²) >= 11 is 0. The summed E-state index contributed by atoms with van der Waals surface area (Å²) in [6, 6.07) is 12.9. The average Bonchev–Trinajstić information content (AvgIpc) is 3.08. The van der Waals surface area contributed by atoms with Crippen LogP contribution in [0.3, 0.4) is 0 Å². The first-order valence-corrected chi connectivity index (χ1v) is 8.98. The Balaban J connectivity index is 1.58. The van der Waals surface area contributed by atoms with Gasteiger partial charge < -0.3 is 15.0 Å². The number of amides is 2. The minimum absolute atomic E-state index is 0.111. The van der Waals surface area contributed by atoms with Crippen molar-refractivity contribution in [1.29, 1.82) is 0 Å². The van der Waals surface area contributed by atoms with E-state index in [1.165, 1.54) is 19.2 Å². The standard InChI is InChI=1S/C21H21FN2O4/c1-28-21(27)15-6-4-7-17(11-15)23-20(26)16-12-19(25)24(13-16)10-9-14-5-2-3-8-18(14)22/h2-8,11,16H,9-10,12-13H2,1H3,(H,23,26). The van der Waals surface area contributed by atoms with Gasteiger partial charge in [-0.3, -0.25) is 9.59 Å². The molecule has 2 amide bonds. The lowest BCUT2D eigenvalue weighted by Gasteiger charge is -2.17. The maximum absolute atomic E-state index is 13.7. The predicted octanol–water partition coefficient (Wildman–Crippen LogP) is 2.64. The molecule has 28 heavy (non-hydrogen) atoms. The Morgan fingerprint density at radius 2 is 2.00 bits per heavy atom. The number of hydrogen-bond donors (Lipinski definition) is 1. The second-order valence-electron chi connectivity index (χ2n) is 6.64. The van der Waals surface area contributed by atoms with Crippen molar-refractivity contribution in [2.24, 2.45) is 5.92 Å². The summed E-state index contributed by atoms with van der Waals surface area (Å²) < 4.78 is 18.4. The first kappa shape index (κ1) is 19.5. The first-order chi connectivity index (χ1) is 13.5. The molecule has 0 aromatic heterocycles. The molecular weight excluding hydrogens is 363 g/mol. The fourth-order valence-corrected chi connectivity index (χ4v) is 3.21. The Labute approximate surface area is 162 Å². The Morgan fingerprint density at radius 1 is 1.21 bits per heavy atom. The van der Waals surface area contributed by atoms with E-state index in [0.29, 0.717) is 29.8 Å². The highest BCUT2D eigenvalue weighted by atomic mass is 19.1. The van der Waals surface area contributed by atoms with Crippen LogP contribution >= 0.6 is 0 Å². The van der Waals surface area contributed by atoms with E-state index in [0.717, 1.165) is 0 Å². The van der Waals surface area contributed by atoms with E-state index in [2.05, 4.69) is 10.1 Å². The van der Waals surface area contributed by atoms with Crippen molar-refractivity contribution >= 4 is 23.5 Å². The Bertz CT molecular complexity index is 899. The van der Waals surface area contributed by atoms with Gasteiger partial charge in [-0.2, -0.15) is 0 Å². The van der Waals surface area contributed by atoms with Crippen LogP contribution in [-0.4, -0.2) is 42.9 Å². The van der Waals surface area contributed by atoms with Crippen LogP contribution in [-0.2, 0) is 20.7 Å². The summed E-state index contributed by atoms with van der Waals surface area (Å²) in [5.74, 6) is -1.70. The van der Waals surface area contributed by atoms with E-state index < -0.39 is 11.9 Å². The maximum Gasteiger partial charge on any atom is 0.337 e. The number of carbonyl (C=O) groups is 3. The first-order valence-electron chi connectivity index (χ1n) is 8.98. The number of nitrogens with zero attached hydrogens (tertiary/aromatic N) is 1. The third-order valence-corrected chi connectivity index (χ3v) is 4.75. The number of rotatable bonds is 6. The second kappa shape index (κ2) is 8.65. The summed E-state index contributed by atoms with van der Waals surface area (Å²) in [4.78, 5) is 37.9. The zero-order valence-corrected chi connectivity index (χ0v) is 15.5. The molecule has 1 atom stereocenters. The van der Waals surface area contributed by atoms with E-state index in [1.807, 2.05) is 0 Å². The number of esters is 1. The van der Waals surface area contributed by atoms with E-state index in [4.69, 9.17) is 0 Å². The van der Waals surface area contributed by atoms with Crippen molar-refractivity contribution in [3.05, 3.63) is 65.5 Å². The SMILES string of the molecule is COC(=O)c1cccc(NC(=O)C2CC(=O)N(CCc3ccccc3F)C2)c1. The van der Waals surface area contributed by atoms with Crippen LogP contribution in [0.4, 0.5) is 10.1 Å². The number of benzene rings is 2. The van der Waals surface area contributed by atoms with Gasteiger partial charge in [-0.1, -0.05) is 24.3 Å². The number of nitrogens with one attached hydrogen (secondary N) is 1. The predicted molar refractivity (Wildman–Crippen MR) is 101 cm³/mol. The van der Waals surface area contributed by atoms with Gasteiger partial charge in [0.25, 0.3) is 0 Å². The van der Waals surface area contributed by atoms with Crippen molar-refractivity contribution in [3.63, 3.8) is 0 Å². The molecule has 6 nitrogen and oxygen atoms in total. The molecule has 1 saturated heterocycles. The number of hydrogen-bond acceptors (Lipinski definition) is 4. The zero-order chi connectivity index (χ0) is 20.1. The highest BCUT2D eigenvalue weighted by Crippen LogP contribution is 2.21. The Morgan fingerprint density at radius 3 is 2.75 bits per heavy atom.